The lowest BCUT2D eigenvalue weighted by atomic mass is 10.2. The van der Waals surface area contributed by atoms with Gasteiger partial charge in [0, 0.05) is 31.0 Å². The Morgan fingerprint density at radius 3 is 2.57 bits per heavy atom. The van der Waals surface area contributed by atoms with Crippen LogP contribution in [0.3, 0.4) is 0 Å². The molecule has 0 aliphatic rings. The Balaban J connectivity index is 2.30. The van der Waals surface area contributed by atoms with Crippen molar-refractivity contribution in [2.24, 2.45) is 0 Å². The summed E-state index contributed by atoms with van der Waals surface area (Å²) < 4.78 is 0. The van der Waals surface area contributed by atoms with E-state index in [9.17, 15) is 0 Å². The van der Waals surface area contributed by atoms with Crippen LogP contribution in [0.2, 0.25) is 0 Å². The van der Waals surface area contributed by atoms with Crippen molar-refractivity contribution in [2.45, 2.75) is 33.6 Å². The molecule has 0 aromatic carbocycles. The van der Waals surface area contributed by atoms with Crippen LogP contribution in [0.15, 0.2) is 24.7 Å². The summed E-state index contributed by atoms with van der Waals surface area (Å²) in [4.78, 5) is 19.4. The zero-order valence-electron chi connectivity index (χ0n) is 12.9. The van der Waals surface area contributed by atoms with Gasteiger partial charge in [0.2, 0.25) is 5.95 Å². The van der Waals surface area contributed by atoms with E-state index in [-0.39, 0.29) is 0 Å². The Bertz CT molecular complexity index is 553. The van der Waals surface area contributed by atoms with Crippen LogP contribution in [0, 0.1) is 0 Å². The second-order valence-electron chi connectivity index (χ2n) is 4.68. The summed E-state index contributed by atoms with van der Waals surface area (Å²) in [5.41, 5.74) is 1.05. The average molecular weight is 286 g/mol. The molecular weight excluding hydrogens is 264 g/mol. The van der Waals surface area contributed by atoms with Gasteiger partial charge >= 0.3 is 0 Å². The molecule has 0 atom stereocenters. The fourth-order valence-electron chi connectivity index (χ4n) is 2.11. The molecule has 0 amide bonds. The molecule has 0 radical (unpaired) electrons. The van der Waals surface area contributed by atoms with Crippen molar-refractivity contribution in [3.05, 3.63) is 30.4 Å². The van der Waals surface area contributed by atoms with E-state index in [1.54, 1.807) is 12.3 Å². The molecule has 2 rings (SSSR count). The lowest BCUT2D eigenvalue weighted by Gasteiger charge is -2.21. The minimum atomic E-state index is 0.585. The van der Waals surface area contributed by atoms with E-state index in [1.165, 1.54) is 6.33 Å². The van der Waals surface area contributed by atoms with Crippen LogP contribution >= 0.6 is 0 Å². The molecule has 2 aromatic heterocycles. The molecule has 112 valence electrons. The maximum absolute atomic E-state index is 4.60. The van der Waals surface area contributed by atoms with Gasteiger partial charge in [0.1, 0.15) is 18.0 Å². The SMILES string of the molecule is CCCc1cc(N(CC)CC)nc(Nc2ccncn2)n1. The Kier molecular flexibility index (Phi) is 5.43. The number of nitrogens with zero attached hydrogens (tertiary/aromatic N) is 5. The van der Waals surface area contributed by atoms with Gasteiger partial charge in [0.15, 0.2) is 0 Å². The third kappa shape index (κ3) is 4.11. The van der Waals surface area contributed by atoms with E-state index in [4.69, 9.17) is 0 Å². The van der Waals surface area contributed by atoms with Crippen LogP contribution in [-0.4, -0.2) is 33.0 Å². The first-order chi connectivity index (χ1) is 10.3. The Hall–Kier alpha value is -2.24. The topological polar surface area (TPSA) is 66.8 Å². The van der Waals surface area contributed by atoms with E-state index in [1.807, 2.05) is 0 Å². The van der Waals surface area contributed by atoms with Gasteiger partial charge in [-0.05, 0) is 26.3 Å². The molecule has 0 aliphatic heterocycles. The summed E-state index contributed by atoms with van der Waals surface area (Å²) >= 11 is 0. The minimum absolute atomic E-state index is 0.585. The fraction of sp³-hybridized carbons (Fsp3) is 0.467. The van der Waals surface area contributed by atoms with Crippen molar-refractivity contribution >= 4 is 17.6 Å². The molecule has 1 N–H and O–H groups in total. The smallest absolute Gasteiger partial charge is 0.230 e. The van der Waals surface area contributed by atoms with E-state index < -0.39 is 0 Å². The van der Waals surface area contributed by atoms with Gasteiger partial charge in [-0.15, -0.1) is 0 Å². The number of rotatable bonds is 7. The highest BCUT2D eigenvalue weighted by atomic mass is 15.2. The highest BCUT2D eigenvalue weighted by Crippen LogP contribution is 2.18. The summed E-state index contributed by atoms with van der Waals surface area (Å²) in [6, 6.07) is 3.87. The minimum Gasteiger partial charge on any atom is -0.357 e. The number of aryl methyl sites for hydroxylation is 1. The zero-order chi connectivity index (χ0) is 15.1. The summed E-state index contributed by atoms with van der Waals surface area (Å²) in [6.45, 7) is 8.25. The monoisotopic (exact) mass is 286 g/mol. The standard InChI is InChI=1S/C15H22N6/c1-4-7-12-10-14(21(5-2)6-3)20-15(18-12)19-13-8-9-16-11-17-13/h8-11H,4-7H2,1-3H3,(H,16,17,18,19,20). The summed E-state index contributed by atoms with van der Waals surface area (Å²) in [5.74, 6) is 2.24. The quantitative estimate of drug-likeness (QED) is 0.844. The summed E-state index contributed by atoms with van der Waals surface area (Å²) in [6.07, 6.45) is 5.19. The Morgan fingerprint density at radius 2 is 1.95 bits per heavy atom. The van der Waals surface area contributed by atoms with Gasteiger partial charge in [0.25, 0.3) is 0 Å². The summed E-state index contributed by atoms with van der Waals surface area (Å²) in [7, 11) is 0. The van der Waals surface area contributed by atoms with Crippen LogP contribution in [-0.2, 0) is 6.42 Å². The second-order valence-corrected chi connectivity index (χ2v) is 4.68. The number of nitrogens with one attached hydrogen (secondary N) is 1. The molecule has 6 heteroatoms. The highest BCUT2D eigenvalue weighted by Gasteiger charge is 2.09. The molecule has 0 fully saturated rings. The largest absolute Gasteiger partial charge is 0.357 e. The molecular formula is C15H22N6. The molecule has 0 bridgehead atoms. The van der Waals surface area contributed by atoms with E-state index >= 15 is 0 Å². The third-order valence-electron chi connectivity index (χ3n) is 3.18. The van der Waals surface area contributed by atoms with E-state index in [0.717, 1.165) is 37.4 Å². The van der Waals surface area contributed by atoms with Crippen molar-refractivity contribution in [2.75, 3.05) is 23.3 Å². The first-order valence-electron chi connectivity index (χ1n) is 7.42. The number of anilines is 3. The van der Waals surface area contributed by atoms with Gasteiger partial charge in [-0.3, -0.25) is 0 Å². The van der Waals surface area contributed by atoms with Gasteiger partial charge in [-0.25, -0.2) is 15.0 Å². The first-order valence-corrected chi connectivity index (χ1v) is 7.42. The third-order valence-corrected chi connectivity index (χ3v) is 3.18. The van der Waals surface area contributed by atoms with Gasteiger partial charge in [-0.2, -0.15) is 4.98 Å². The summed E-state index contributed by atoms with van der Waals surface area (Å²) in [5, 5.41) is 3.15. The highest BCUT2D eigenvalue weighted by molar-refractivity contribution is 5.51. The molecule has 0 unspecified atom stereocenters. The van der Waals surface area contributed by atoms with Crippen molar-refractivity contribution in [3.63, 3.8) is 0 Å². The zero-order valence-corrected chi connectivity index (χ0v) is 12.9. The molecule has 6 nitrogen and oxygen atoms in total. The van der Waals surface area contributed by atoms with Crippen LogP contribution in [0.1, 0.15) is 32.9 Å². The van der Waals surface area contributed by atoms with Crippen LogP contribution in [0.5, 0.6) is 0 Å². The van der Waals surface area contributed by atoms with Gasteiger partial charge in [0.05, 0.1) is 0 Å². The number of hydrogen-bond acceptors (Lipinski definition) is 6. The van der Waals surface area contributed by atoms with Crippen molar-refractivity contribution in [1.82, 2.24) is 19.9 Å². The molecule has 2 heterocycles. The Morgan fingerprint density at radius 1 is 1.14 bits per heavy atom. The molecule has 0 spiro atoms. The van der Waals surface area contributed by atoms with E-state index in [0.29, 0.717) is 11.8 Å². The molecule has 0 saturated carbocycles. The predicted octanol–water partition coefficient (Wildman–Crippen LogP) is 2.81. The number of hydrogen-bond donors (Lipinski definition) is 1. The van der Waals surface area contributed by atoms with Gasteiger partial charge < -0.3 is 10.2 Å². The normalized spacial score (nSPS) is 10.4. The molecule has 0 saturated heterocycles. The van der Waals surface area contributed by atoms with E-state index in [2.05, 4.69) is 57.0 Å². The van der Waals surface area contributed by atoms with Crippen molar-refractivity contribution in [3.8, 4) is 0 Å². The van der Waals surface area contributed by atoms with Crippen LogP contribution in [0.4, 0.5) is 17.6 Å². The van der Waals surface area contributed by atoms with Crippen LogP contribution in [0.25, 0.3) is 0 Å². The maximum atomic E-state index is 4.60. The molecule has 0 aliphatic carbocycles. The number of aromatic nitrogens is 4. The van der Waals surface area contributed by atoms with Gasteiger partial charge in [-0.1, -0.05) is 13.3 Å². The average Bonchev–Trinajstić information content (AvgIpc) is 2.50. The maximum Gasteiger partial charge on any atom is 0.230 e. The predicted molar refractivity (Wildman–Crippen MR) is 84.9 cm³/mol. The Labute approximate surface area is 125 Å². The van der Waals surface area contributed by atoms with Crippen molar-refractivity contribution in [1.29, 1.82) is 0 Å². The molecule has 2 aromatic rings. The lowest BCUT2D eigenvalue weighted by Crippen LogP contribution is -2.23. The second kappa shape index (κ2) is 7.52. The first kappa shape index (κ1) is 15.2. The molecule has 21 heavy (non-hydrogen) atoms. The lowest BCUT2D eigenvalue weighted by molar-refractivity contribution is 0.824. The van der Waals surface area contributed by atoms with Crippen LogP contribution < -0.4 is 10.2 Å². The fourth-order valence-corrected chi connectivity index (χ4v) is 2.11. The van der Waals surface area contributed by atoms with Crippen molar-refractivity contribution < 1.29 is 0 Å².